The van der Waals surface area contributed by atoms with Gasteiger partial charge in [0.15, 0.2) is 0 Å². The van der Waals surface area contributed by atoms with E-state index >= 15 is 0 Å². The quantitative estimate of drug-likeness (QED) is 0.767. The molecule has 0 N–H and O–H groups in total. The molecule has 0 radical (unpaired) electrons. The molecule has 1 aliphatic rings. The predicted octanol–water partition coefficient (Wildman–Crippen LogP) is 2.61. The minimum atomic E-state index is -4.48. The molecule has 0 unspecified atom stereocenters. The molecule has 1 aliphatic heterocycles. The van der Waals surface area contributed by atoms with Gasteiger partial charge in [-0.1, -0.05) is 0 Å². The zero-order valence-corrected chi connectivity index (χ0v) is 9.58. The molecule has 0 amide bonds. The summed E-state index contributed by atoms with van der Waals surface area (Å²) in [4.78, 5) is 11.4. The summed E-state index contributed by atoms with van der Waals surface area (Å²) < 4.78 is 47.5. The number of halogens is 3. The third kappa shape index (κ3) is 2.48. The highest BCUT2D eigenvalue weighted by Crippen LogP contribution is 2.34. The van der Waals surface area contributed by atoms with Crippen molar-refractivity contribution in [1.82, 2.24) is 0 Å². The fourth-order valence-electron chi connectivity index (χ4n) is 1.71. The molecule has 6 heteroatoms. The Bertz CT molecular complexity index is 464. The van der Waals surface area contributed by atoms with Gasteiger partial charge in [0.25, 0.3) is 0 Å². The second-order valence-corrected chi connectivity index (χ2v) is 4.07. The van der Waals surface area contributed by atoms with Crippen LogP contribution in [0.4, 0.5) is 13.2 Å². The first kappa shape index (κ1) is 12.9. The lowest BCUT2D eigenvalue weighted by atomic mass is 9.93. The monoisotopic (exact) mass is 260 g/mol. The molecule has 3 nitrogen and oxygen atoms in total. The number of methoxy groups -OCH3 is 1. The summed E-state index contributed by atoms with van der Waals surface area (Å²) >= 11 is 0. The van der Waals surface area contributed by atoms with Crippen molar-refractivity contribution in [3.05, 3.63) is 34.9 Å². The number of hydrogen-bond acceptors (Lipinski definition) is 3. The van der Waals surface area contributed by atoms with Crippen molar-refractivity contribution in [1.29, 1.82) is 0 Å². The van der Waals surface area contributed by atoms with E-state index in [0.29, 0.717) is 18.8 Å². The second-order valence-electron chi connectivity index (χ2n) is 4.07. The number of hydrogen-bond donors (Lipinski definition) is 0. The van der Waals surface area contributed by atoms with E-state index in [-0.39, 0.29) is 11.5 Å². The Labute approximate surface area is 102 Å². The lowest BCUT2D eigenvalue weighted by molar-refractivity contribution is -0.137. The highest BCUT2D eigenvalue weighted by atomic mass is 19.4. The minimum Gasteiger partial charge on any atom is -0.465 e. The van der Waals surface area contributed by atoms with Gasteiger partial charge in [0.2, 0.25) is 0 Å². The molecule has 0 saturated carbocycles. The number of carbonyl (C=O) groups is 1. The zero-order chi connectivity index (χ0) is 13.3. The molecule has 2 rings (SSSR count). The lowest BCUT2D eigenvalue weighted by Crippen LogP contribution is -2.26. The Kier molecular flexibility index (Phi) is 3.30. The van der Waals surface area contributed by atoms with Crippen molar-refractivity contribution >= 4 is 5.97 Å². The van der Waals surface area contributed by atoms with Gasteiger partial charge in [-0.2, -0.15) is 13.2 Å². The van der Waals surface area contributed by atoms with E-state index in [2.05, 4.69) is 4.74 Å². The van der Waals surface area contributed by atoms with Crippen molar-refractivity contribution in [2.24, 2.45) is 0 Å². The SMILES string of the molecule is COC(=O)c1cc(C2COC2)cc(C(F)(F)F)c1. The van der Waals surface area contributed by atoms with E-state index in [1.54, 1.807) is 0 Å². The van der Waals surface area contributed by atoms with E-state index in [1.165, 1.54) is 6.07 Å². The third-order valence-corrected chi connectivity index (χ3v) is 2.81. The first-order valence-electron chi connectivity index (χ1n) is 5.30. The van der Waals surface area contributed by atoms with Gasteiger partial charge in [-0.15, -0.1) is 0 Å². The fraction of sp³-hybridized carbons (Fsp3) is 0.417. The maximum atomic E-state index is 12.7. The van der Waals surface area contributed by atoms with Crippen LogP contribution < -0.4 is 0 Å². The summed E-state index contributed by atoms with van der Waals surface area (Å²) in [7, 11) is 1.13. The molecule has 0 bridgehead atoms. The van der Waals surface area contributed by atoms with Gasteiger partial charge in [-0.25, -0.2) is 4.79 Å². The predicted molar refractivity (Wildman–Crippen MR) is 56.3 cm³/mol. The van der Waals surface area contributed by atoms with Crippen molar-refractivity contribution in [2.75, 3.05) is 20.3 Å². The topological polar surface area (TPSA) is 35.5 Å². The molecule has 1 aromatic carbocycles. The average molecular weight is 260 g/mol. The van der Waals surface area contributed by atoms with E-state index in [1.807, 2.05) is 0 Å². The molecule has 0 spiro atoms. The molecule has 1 saturated heterocycles. The summed E-state index contributed by atoms with van der Waals surface area (Å²) in [5.41, 5.74) is -0.474. The average Bonchev–Trinajstić information content (AvgIpc) is 2.24. The maximum Gasteiger partial charge on any atom is 0.416 e. The zero-order valence-electron chi connectivity index (χ0n) is 9.58. The molecular formula is C12H11F3O3. The van der Waals surface area contributed by atoms with E-state index in [9.17, 15) is 18.0 Å². The summed E-state index contributed by atoms with van der Waals surface area (Å²) in [6, 6.07) is 3.28. The van der Waals surface area contributed by atoms with Crippen molar-refractivity contribution in [2.45, 2.75) is 12.1 Å². The number of alkyl halides is 3. The van der Waals surface area contributed by atoms with Crippen LogP contribution in [-0.4, -0.2) is 26.3 Å². The van der Waals surface area contributed by atoms with Gasteiger partial charge < -0.3 is 9.47 Å². The summed E-state index contributed by atoms with van der Waals surface area (Å²) in [5, 5.41) is 0. The van der Waals surface area contributed by atoms with Gasteiger partial charge in [-0.3, -0.25) is 0 Å². The van der Waals surface area contributed by atoms with Crippen LogP contribution >= 0.6 is 0 Å². The van der Waals surface area contributed by atoms with Crippen LogP contribution in [0.1, 0.15) is 27.4 Å². The number of benzene rings is 1. The van der Waals surface area contributed by atoms with Gasteiger partial charge in [0.05, 0.1) is 31.5 Å². The van der Waals surface area contributed by atoms with Crippen molar-refractivity contribution in [3.63, 3.8) is 0 Å². The standard InChI is InChI=1S/C12H11F3O3/c1-17-11(16)8-2-7(9-5-18-6-9)3-10(4-8)12(13,14)15/h2-4,9H,5-6H2,1H3. The lowest BCUT2D eigenvalue weighted by Gasteiger charge is -2.27. The Morgan fingerprint density at radius 3 is 2.44 bits per heavy atom. The number of esters is 1. The smallest absolute Gasteiger partial charge is 0.416 e. The molecule has 98 valence electrons. The molecule has 0 atom stereocenters. The highest BCUT2D eigenvalue weighted by molar-refractivity contribution is 5.89. The minimum absolute atomic E-state index is 0.0873. The molecule has 0 aliphatic carbocycles. The van der Waals surface area contributed by atoms with E-state index in [4.69, 9.17) is 4.74 Å². The molecule has 1 fully saturated rings. The van der Waals surface area contributed by atoms with Crippen LogP contribution in [-0.2, 0) is 15.7 Å². The van der Waals surface area contributed by atoms with Crippen LogP contribution in [0.5, 0.6) is 0 Å². The summed E-state index contributed by atoms with van der Waals surface area (Å²) in [5.74, 6) is -0.863. The maximum absolute atomic E-state index is 12.7. The summed E-state index contributed by atoms with van der Waals surface area (Å²) in [6.45, 7) is 0.754. The Morgan fingerprint density at radius 1 is 1.33 bits per heavy atom. The third-order valence-electron chi connectivity index (χ3n) is 2.81. The van der Waals surface area contributed by atoms with Gasteiger partial charge in [-0.05, 0) is 23.8 Å². The molecule has 1 heterocycles. The molecule has 18 heavy (non-hydrogen) atoms. The molecule has 1 aromatic rings. The number of rotatable bonds is 2. The normalized spacial score (nSPS) is 16.2. The highest BCUT2D eigenvalue weighted by Gasteiger charge is 2.33. The van der Waals surface area contributed by atoms with E-state index in [0.717, 1.165) is 19.2 Å². The van der Waals surface area contributed by atoms with Crippen molar-refractivity contribution in [3.8, 4) is 0 Å². The first-order valence-corrected chi connectivity index (χ1v) is 5.30. The van der Waals surface area contributed by atoms with Gasteiger partial charge in [0, 0.05) is 5.92 Å². The van der Waals surface area contributed by atoms with Crippen LogP contribution in [0.15, 0.2) is 18.2 Å². The largest absolute Gasteiger partial charge is 0.465 e. The van der Waals surface area contributed by atoms with Crippen LogP contribution in [0, 0.1) is 0 Å². The summed E-state index contributed by atoms with van der Waals surface area (Å²) in [6.07, 6.45) is -4.48. The number of ether oxygens (including phenoxy) is 2. The fourth-order valence-corrected chi connectivity index (χ4v) is 1.71. The molecular weight excluding hydrogens is 249 g/mol. The first-order chi connectivity index (χ1) is 8.41. The van der Waals surface area contributed by atoms with E-state index < -0.39 is 17.7 Å². The second kappa shape index (κ2) is 4.61. The number of carbonyl (C=O) groups excluding carboxylic acids is 1. The Morgan fingerprint density at radius 2 is 2.00 bits per heavy atom. The molecule has 0 aromatic heterocycles. The Balaban J connectivity index is 2.44. The Hall–Kier alpha value is -1.56. The van der Waals surface area contributed by atoms with Crippen molar-refractivity contribution < 1.29 is 27.4 Å². The van der Waals surface area contributed by atoms with Crippen LogP contribution in [0.2, 0.25) is 0 Å². The van der Waals surface area contributed by atoms with Crippen LogP contribution in [0.3, 0.4) is 0 Å². The van der Waals surface area contributed by atoms with Gasteiger partial charge >= 0.3 is 12.1 Å². The van der Waals surface area contributed by atoms with Gasteiger partial charge in [0.1, 0.15) is 0 Å². The van der Waals surface area contributed by atoms with Crippen LogP contribution in [0.25, 0.3) is 0 Å².